The van der Waals surface area contributed by atoms with Crippen molar-refractivity contribution in [1.29, 1.82) is 0 Å². The second kappa shape index (κ2) is 14.3. The van der Waals surface area contributed by atoms with Crippen molar-refractivity contribution in [2.45, 2.75) is 122 Å². The summed E-state index contributed by atoms with van der Waals surface area (Å²) in [7, 11) is 0. The van der Waals surface area contributed by atoms with E-state index >= 15 is 0 Å². The lowest BCUT2D eigenvalue weighted by Crippen LogP contribution is -2.32. The summed E-state index contributed by atoms with van der Waals surface area (Å²) in [5.41, 5.74) is -0.679. The summed E-state index contributed by atoms with van der Waals surface area (Å²) < 4.78 is 5.77. The Bertz CT molecular complexity index is 402. The van der Waals surface area contributed by atoms with Gasteiger partial charge in [-0.05, 0) is 19.8 Å². The number of hydrogen-bond donors (Lipinski definition) is 1. The minimum atomic E-state index is -0.679. The van der Waals surface area contributed by atoms with Crippen molar-refractivity contribution < 1.29 is 14.6 Å². The Kier molecular flexibility index (Phi) is 12.7. The van der Waals surface area contributed by atoms with Crippen LogP contribution in [0.5, 0.6) is 0 Å². The van der Waals surface area contributed by atoms with Gasteiger partial charge in [0.1, 0.15) is 5.76 Å². The summed E-state index contributed by atoms with van der Waals surface area (Å²) in [5, 5.41) is 8.96. The zero-order valence-electron chi connectivity index (χ0n) is 17.4. The van der Waals surface area contributed by atoms with E-state index in [0.717, 1.165) is 12.8 Å². The summed E-state index contributed by atoms with van der Waals surface area (Å²) >= 11 is 0. The predicted octanol–water partition coefficient (Wildman–Crippen LogP) is 6.48. The van der Waals surface area contributed by atoms with Gasteiger partial charge in [-0.15, -0.1) is 0 Å². The summed E-state index contributed by atoms with van der Waals surface area (Å²) in [4.78, 5) is 12.1. The second-order valence-electron chi connectivity index (χ2n) is 8.13. The minimum absolute atomic E-state index is 0.0358. The minimum Gasteiger partial charge on any atom is -0.484 e. The third-order valence-corrected chi connectivity index (χ3v) is 5.54. The molecule has 1 aliphatic rings. The molecule has 0 amide bonds. The standard InChI is InChI=1S/C23H42O3/c1-3-4-5-6-7-8-9-10-11-12-13-14-15-16-18-23(2)22(25)20-21(26-23)17-19-24/h20,24H,3-19H2,1-2H3. The van der Waals surface area contributed by atoms with E-state index in [4.69, 9.17) is 9.84 Å². The molecule has 3 nitrogen and oxygen atoms in total. The van der Waals surface area contributed by atoms with Crippen molar-refractivity contribution in [3.05, 3.63) is 11.8 Å². The molecule has 0 aromatic heterocycles. The van der Waals surface area contributed by atoms with E-state index in [0.29, 0.717) is 12.2 Å². The molecule has 0 aromatic rings. The number of ketones is 1. The van der Waals surface area contributed by atoms with Gasteiger partial charge in [-0.2, -0.15) is 0 Å². The first-order valence-corrected chi connectivity index (χ1v) is 11.2. The van der Waals surface area contributed by atoms with Crippen LogP contribution in [0.4, 0.5) is 0 Å². The Balaban J connectivity index is 1.89. The van der Waals surface area contributed by atoms with Crippen LogP contribution in [-0.2, 0) is 9.53 Å². The number of carbonyl (C=O) groups excluding carboxylic acids is 1. The number of aliphatic hydroxyl groups excluding tert-OH is 1. The van der Waals surface area contributed by atoms with Crippen LogP contribution in [0.3, 0.4) is 0 Å². The smallest absolute Gasteiger partial charge is 0.202 e. The van der Waals surface area contributed by atoms with Crippen LogP contribution in [0.25, 0.3) is 0 Å². The first-order valence-electron chi connectivity index (χ1n) is 11.2. The zero-order chi connectivity index (χ0) is 19.1. The highest BCUT2D eigenvalue weighted by atomic mass is 16.5. The van der Waals surface area contributed by atoms with Crippen molar-refractivity contribution in [1.82, 2.24) is 0 Å². The van der Waals surface area contributed by atoms with Crippen LogP contribution < -0.4 is 0 Å². The van der Waals surface area contributed by atoms with Crippen molar-refractivity contribution in [2.24, 2.45) is 0 Å². The average Bonchev–Trinajstić information content (AvgIpc) is 2.89. The van der Waals surface area contributed by atoms with Gasteiger partial charge in [-0.3, -0.25) is 4.79 Å². The molecule has 0 aromatic carbocycles. The Hall–Kier alpha value is -0.830. The highest BCUT2D eigenvalue weighted by molar-refractivity contribution is 5.99. The van der Waals surface area contributed by atoms with Gasteiger partial charge in [-0.1, -0.05) is 90.4 Å². The molecule has 1 rings (SSSR count). The van der Waals surface area contributed by atoms with E-state index in [2.05, 4.69) is 6.92 Å². The molecule has 26 heavy (non-hydrogen) atoms. The molecule has 1 unspecified atom stereocenters. The molecule has 0 saturated heterocycles. The molecule has 1 aliphatic heterocycles. The number of rotatable bonds is 17. The molecule has 1 atom stereocenters. The molecule has 1 heterocycles. The maximum absolute atomic E-state index is 12.1. The predicted molar refractivity (Wildman–Crippen MR) is 109 cm³/mol. The number of unbranched alkanes of at least 4 members (excludes halogenated alkanes) is 13. The number of hydrogen-bond acceptors (Lipinski definition) is 3. The van der Waals surface area contributed by atoms with Crippen LogP contribution in [0, 0.1) is 0 Å². The van der Waals surface area contributed by atoms with E-state index in [-0.39, 0.29) is 12.4 Å². The van der Waals surface area contributed by atoms with Gasteiger partial charge in [0.25, 0.3) is 0 Å². The third kappa shape index (κ3) is 9.75. The fourth-order valence-corrected chi connectivity index (χ4v) is 3.73. The fraction of sp³-hybridized carbons (Fsp3) is 0.870. The number of aliphatic hydroxyl groups is 1. The lowest BCUT2D eigenvalue weighted by atomic mass is 9.94. The molecule has 0 bridgehead atoms. The fourth-order valence-electron chi connectivity index (χ4n) is 3.73. The molecular weight excluding hydrogens is 324 g/mol. The Morgan fingerprint density at radius 3 is 1.77 bits per heavy atom. The van der Waals surface area contributed by atoms with E-state index in [1.54, 1.807) is 6.08 Å². The first kappa shape index (κ1) is 23.2. The quantitative estimate of drug-likeness (QED) is 0.300. The van der Waals surface area contributed by atoms with E-state index < -0.39 is 5.60 Å². The topological polar surface area (TPSA) is 46.5 Å². The lowest BCUT2D eigenvalue weighted by Gasteiger charge is -2.23. The van der Waals surface area contributed by atoms with Crippen LogP contribution in [-0.4, -0.2) is 23.1 Å². The highest BCUT2D eigenvalue weighted by Gasteiger charge is 2.38. The largest absolute Gasteiger partial charge is 0.484 e. The van der Waals surface area contributed by atoms with Gasteiger partial charge >= 0.3 is 0 Å². The van der Waals surface area contributed by atoms with Crippen LogP contribution in [0.15, 0.2) is 11.8 Å². The van der Waals surface area contributed by atoms with Crippen molar-refractivity contribution in [3.63, 3.8) is 0 Å². The number of carbonyl (C=O) groups is 1. The van der Waals surface area contributed by atoms with Crippen molar-refractivity contribution >= 4 is 5.78 Å². The molecule has 3 heteroatoms. The monoisotopic (exact) mass is 366 g/mol. The molecule has 152 valence electrons. The maximum Gasteiger partial charge on any atom is 0.202 e. The van der Waals surface area contributed by atoms with Gasteiger partial charge in [-0.25, -0.2) is 0 Å². The molecule has 0 aliphatic carbocycles. The van der Waals surface area contributed by atoms with Gasteiger partial charge < -0.3 is 9.84 Å². The Morgan fingerprint density at radius 1 is 0.846 bits per heavy atom. The zero-order valence-corrected chi connectivity index (χ0v) is 17.4. The molecule has 0 radical (unpaired) electrons. The van der Waals surface area contributed by atoms with Gasteiger partial charge in [0.2, 0.25) is 5.78 Å². The SMILES string of the molecule is CCCCCCCCCCCCCCCCC1(C)OC(CCO)=CC1=O. The molecular formula is C23H42O3. The molecule has 0 spiro atoms. The van der Waals surface area contributed by atoms with Crippen molar-refractivity contribution in [2.75, 3.05) is 6.61 Å². The third-order valence-electron chi connectivity index (χ3n) is 5.54. The summed E-state index contributed by atoms with van der Waals surface area (Å²) in [5.74, 6) is 0.709. The van der Waals surface area contributed by atoms with Crippen LogP contribution in [0.1, 0.15) is 117 Å². The van der Waals surface area contributed by atoms with E-state index in [1.165, 1.54) is 83.5 Å². The lowest BCUT2D eigenvalue weighted by molar-refractivity contribution is -0.129. The highest BCUT2D eigenvalue weighted by Crippen LogP contribution is 2.31. The second-order valence-corrected chi connectivity index (χ2v) is 8.13. The van der Waals surface area contributed by atoms with E-state index in [1.807, 2.05) is 6.92 Å². The van der Waals surface area contributed by atoms with Crippen molar-refractivity contribution in [3.8, 4) is 0 Å². The van der Waals surface area contributed by atoms with Crippen LogP contribution in [0.2, 0.25) is 0 Å². The van der Waals surface area contributed by atoms with E-state index in [9.17, 15) is 4.79 Å². The van der Waals surface area contributed by atoms with Crippen LogP contribution >= 0.6 is 0 Å². The molecule has 0 fully saturated rings. The summed E-state index contributed by atoms with van der Waals surface area (Å²) in [6.07, 6.45) is 21.6. The average molecular weight is 367 g/mol. The maximum atomic E-state index is 12.1. The molecule has 1 N–H and O–H groups in total. The van der Waals surface area contributed by atoms with Gasteiger partial charge in [0.05, 0.1) is 6.61 Å². The van der Waals surface area contributed by atoms with Gasteiger partial charge in [0.15, 0.2) is 5.60 Å². The first-order chi connectivity index (χ1) is 12.6. The Labute approximate surface area is 161 Å². The normalized spacial score (nSPS) is 19.7. The summed E-state index contributed by atoms with van der Waals surface area (Å²) in [6.45, 7) is 4.20. The summed E-state index contributed by atoms with van der Waals surface area (Å²) in [6, 6.07) is 0. The Morgan fingerprint density at radius 2 is 1.31 bits per heavy atom. The number of ether oxygens (including phenoxy) is 1. The molecule has 0 saturated carbocycles. The van der Waals surface area contributed by atoms with Gasteiger partial charge in [0, 0.05) is 12.5 Å².